The van der Waals surface area contributed by atoms with Crippen molar-refractivity contribution in [3.63, 3.8) is 0 Å². The number of halogens is 1. The van der Waals surface area contributed by atoms with E-state index in [0.29, 0.717) is 20.8 Å². The molecule has 0 aliphatic rings. The average molecular weight is 371 g/mol. The molecule has 2 heterocycles. The summed E-state index contributed by atoms with van der Waals surface area (Å²) in [5.41, 5.74) is 3.13. The lowest BCUT2D eigenvalue weighted by Gasteiger charge is -2.09. The Morgan fingerprint density at radius 2 is 2.27 bits per heavy atom. The number of rotatable bonds is 6. The van der Waals surface area contributed by atoms with Gasteiger partial charge in [-0.2, -0.15) is 0 Å². The van der Waals surface area contributed by atoms with E-state index in [-0.39, 0.29) is 24.5 Å². The molecular weight excluding hydrogens is 357 g/mol. The van der Waals surface area contributed by atoms with Crippen molar-refractivity contribution in [3.8, 4) is 12.3 Å². The molecule has 0 unspecified atom stereocenters. The number of hydrogen-bond donors (Lipinski definition) is 3. The Balaban J connectivity index is 1.98. The summed E-state index contributed by atoms with van der Waals surface area (Å²) >= 11 is 1.21. The first kappa shape index (κ1) is 17.8. The molecule has 0 spiro atoms. The number of carbonyl (C=O) groups excluding carboxylic acids is 1. The van der Waals surface area contributed by atoms with Gasteiger partial charge < -0.3 is 10.4 Å². The minimum atomic E-state index is -0.534. The van der Waals surface area contributed by atoms with Crippen LogP contribution in [0.1, 0.15) is 15.9 Å². The summed E-state index contributed by atoms with van der Waals surface area (Å²) in [6, 6.07) is 7.78. The summed E-state index contributed by atoms with van der Waals surface area (Å²) in [7, 11) is 0. The number of nitrogens with zero attached hydrogens (tertiary/aromatic N) is 1. The molecule has 132 valence electrons. The Morgan fingerprint density at radius 1 is 1.42 bits per heavy atom. The van der Waals surface area contributed by atoms with E-state index in [1.807, 2.05) is 0 Å². The largest absolute Gasteiger partial charge is 0.394 e. The van der Waals surface area contributed by atoms with Crippen LogP contribution in [0, 0.1) is 18.2 Å². The molecule has 2 aromatic heterocycles. The summed E-state index contributed by atoms with van der Waals surface area (Å²) in [6.07, 6.45) is 6.87. The fourth-order valence-corrected chi connectivity index (χ4v) is 3.34. The number of terminal acetylenes is 1. The van der Waals surface area contributed by atoms with E-state index < -0.39 is 11.7 Å². The third kappa shape index (κ3) is 3.65. The van der Waals surface area contributed by atoms with Crippen LogP contribution in [0.5, 0.6) is 0 Å². The highest BCUT2D eigenvalue weighted by Gasteiger charge is 2.21. The maximum atomic E-state index is 14.2. The number of hydroxylamine groups is 1. The third-order valence-electron chi connectivity index (χ3n) is 3.44. The van der Waals surface area contributed by atoms with Crippen LogP contribution in [0.25, 0.3) is 10.2 Å². The smallest absolute Gasteiger partial charge is 0.278 e. The van der Waals surface area contributed by atoms with Gasteiger partial charge in [0.05, 0.1) is 24.5 Å². The van der Waals surface area contributed by atoms with Crippen molar-refractivity contribution < 1.29 is 19.1 Å². The van der Waals surface area contributed by atoms with Gasteiger partial charge in [0.2, 0.25) is 0 Å². The number of benzene rings is 1. The summed E-state index contributed by atoms with van der Waals surface area (Å²) in [4.78, 5) is 22.2. The van der Waals surface area contributed by atoms with Gasteiger partial charge in [0.15, 0.2) is 0 Å². The normalized spacial score (nSPS) is 10.5. The van der Waals surface area contributed by atoms with Crippen LogP contribution in [0.2, 0.25) is 0 Å². The summed E-state index contributed by atoms with van der Waals surface area (Å²) in [5.74, 6) is 1.30. The van der Waals surface area contributed by atoms with Crippen LogP contribution in [0.4, 0.5) is 15.1 Å². The number of anilines is 2. The average Bonchev–Trinajstić information content (AvgIpc) is 3.01. The highest BCUT2D eigenvalue weighted by atomic mass is 32.1. The fraction of sp³-hybridized carbons (Fsp3) is 0.111. The molecule has 0 aliphatic heterocycles. The number of nitrogens with one attached hydrogen (secondary N) is 2. The van der Waals surface area contributed by atoms with Crippen molar-refractivity contribution in [1.82, 2.24) is 10.5 Å². The van der Waals surface area contributed by atoms with E-state index >= 15 is 0 Å². The van der Waals surface area contributed by atoms with E-state index in [0.717, 1.165) is 0 Å². The van der Waals surface area contributed by atoms with Gasteiger partial charge in [-0.05, 0) is 30.3 Å². The maximum Gasteiger partial charge on any atom is 0.278 e. The van der Waals surface area contributed by atoms with Gasteiger partial charge in [0.25, 0.3) is 5.91 Å². The topological polar surface area (TPSA) is 83.5 Å². The highest BCUT2D eigenvalue weighted by Crippen LogP contribution is 2.36. The molecule has 1 amide bonds. The maximum absolute atomic E-state index is 14.2. The molecule has 26 heavy (non-hydrogen) atoms. The molecular formula is C18H14FN3O3S. The Morgan fingerprint density at radius 3 is 3.00 bits per heavy atom. The molecule has 0 saturated heterocycles. The standard InChI is InChI=1S/C18H14FN3O3S/c1-2-11-5-6-14(13(19)10-11)21-18-15(16(24)22-25-9-8-23)12-4-3-7-20-17(12)26-18/h1,3-7,10,21,23H,8-9H2,(H,22,24). The summed E-state index contributed by atoms with van der Waals surface area (Å²) in [5, 5.41) is 12.7. The van der Waals surface area contributed by atoms with Crippen LogP contribution in [0.3, 0.4) is 0 Å². The van der Waals surface area contributed by atoms with Crippen molar-refractivity contribution in [2.75, 3.05) is 18.5 Å². The number of fused-ring (bicyclic) bond motifs is 1. The van der Waals surface area contributed by atoms with Crippen LogP contribution in [0.15, 0.2) is 36.5 Å². The van der Waals surface area contributed by atoms with Gasteiger partial charge in [-0.25, -0.2) is 14.9 Å². The first-order valence-electron chi connectivity index (χ1n) is 7.57. The van der Waals surface area contributed by atoms with E-state index in [4.69, 9.17) is 16.4 Å². The number of pyridine rings is 1. The number of thiophene rings is 1. The second-order valence-electron chi connectivity index (χ2n) is 5.13. The summed E-state index contributed by atoms with van der Waals surface area (Å²) < 4.78 is 14.2. The lowest BCUT2D eigenvalue weighted by molar-refractivity contribution is 0.0170. The zero-order valence-electron chi connectivity index (χ0n) is 13.5. The van der Waals surface area contributed by atoms with Gasteiger partial charge in [0.1, 0.15) is 15.6 Å². The molecule has 1 aromatic carbocycles. The molecule has 0 atom stereocenters. The number of aliphatic hydroxyl groups excluding tert-OH is 1. The predicted octanol–water partition coefficient (Wildman–Crippen LogP) is 2.81. The Bertz CT molecular complexity index is 997. The zero-order chi connectivity index (χ0) is 18.5. The quantitative estimate of drug-likeness (QED) is 0.353. The van der Waals surface area contributed by atoms with Gasteiger partial charge in [-0.1, -0.05) is 17.3 Å². The molecule has 0 aliphatic carbocycles. The lowest BCUT2D eigenvalue weighted by Crippen LogP contribution is -2.25. The predicted molar refractivity (Wildman–Crippen MR) is 97.7 cm³/mol. The van der Waals surface area contributed by atoms with Crippen molar-refractivity contribution in [2.24, 2.45) is 0 Å². The first-order valence-corrected chi connectivity index (χ1v) is 8.39. The van der Waals surface area contributed by atoms with Crippen LogP contribution in [-0.4, -0.2) is 29.2 Å². The molecule has 3 rings (SSSR count). The van der Waals surface area contributed by atoms with Crippen LogP contribution < -0.4 is 10.8 Å². The third-order valence-corrected chi connectivity index (χ3v) is 4.46. The summed E-state index contributed by atoms with van der Waals surface area (Å²) in [6.45, 7) is -0.277. The minimum absolute atomic E-state index is 0.0446. The Kier molecular flexibility index (Phi) is 5.43. The SMILES string of the molecule is C#Cc1ccc(Nc2sc3ncccc3c2C(=O)NOCCO)c(F)c1. The second kappa shape index (κ2) is 7.93. The van der Waals surface area contributed by atoms with E-state index in [9.17, 15) is 9.18 Å². The monoisotopic (exact) mass is 371 g/mol. The Labute approximate surface area is 152 Å². The van der Waals surface area contributed by atoms with E-state index in [1.54, 1.807) is 24.4 Å². The van der Waals surface area contributed by atoms with Crippen molar-refractivity contribution >= 4 is 38.1 Å². The molecule has 0 bridgehead atoms. The number of amides is 1. The molecule has 8 heteroatoms. The second-order valence-corrected chi connectivity index (χ2v) is 6.13. The zero-order valence-corrected chi connectivity index (χ0v) is 14.3. The lowest BCUT2D eigenvalue weighted by atomic mass is 10.2. The molecule has 3 N–H and O–H groups in total. The molecule has 6 nitrogen and oxygen atoms in total. The van der Waals surface area contributed by atoms with Crippen LogP contribution >= 0.6 is 11.3 Å². The molecule has 0 radical (unpaired) electrons. The highest BCUT2D eigenvalue weighted by molar-refractivity contribution is 7.23. The number of aromatic nitrogens is 1. The van der Waals surface area contributed by atoms with Crippen molar-refractivity contribution in [3.05, 3.63) is 53.5 Å². The molecule has 3 aromatic rings. The minimum Gasteiger partial charge on any atom is -0.394 e. The first-order chi connectivity index (χ1) is 12.6. The van der Waals surface area contributed by atoms with Crippen molar-refractivity contribution in [1.29, 1.82) is 0 Å². The number of hydrogen-bond acceptors (Lipinski definition) is 6. The Hall–Kier alpha value is -2.99. The molecule has 0 saturated carbocycles. The van der Waals surface area contributed by atoms with Gasteiger partial charge >= 0.3 is 0 Å². The van der Waals surface area contributed by atoms with Crippen LogP contribution in [-0.2, 0) is 4.84 Å². The number of aliphatic hydroxyl groups is 1. The van der Waals surface area contributed by atoms with Gasteiger partial charge in [0, 0.05) is 17.1 Å². The van der Waals surface area contributed by atoms with Crippen molar-refractivity contribution in [2.45, 2.75) is 0 Å². The molecule has 0 fully saturated rings. The van der Waals surface area contributed by atoms with E-state index in [2.05, 4.69) is 21.7 Å². The van der Waals surface area contributed by atoms with Gasteiger partial charge in [-0.3, -0.25) is 9.63 Å². The fourth-order valence-electron chi connectivity index (χ4n) is 2.29. The van der Waals surface area contributed by atoms with Gasteiger partial charge in [-0.15, -0.1) is 6.42 Å². The van der Waals surface area contributed by atoms with E-state index in [1.165, 1.54) is 23.5 Å². The number of carbonyl (C=O) groups is 1.